The molecule has 0 aliphatic carbocycles. The maximum Gasteiger partial charge on any atom is 0.245 e. The van der Waals surface area contributed by atoms with Crippen LogP contribution in [-0.4, -0.2) is 52.9 Å². The number of hydrogen-bond donors (Lipinski definition) is 1. The highest BCUT2D eigenvalue weighted by Gasteiger charge is 2.24. The smallest absolute Gasteiger partial charge is 0.245 e. The van der Waals surface area contributed by atoms with Gasteiger partial charge in [-0.15, -0.1) is 0 Å². The van der Waals surface area contributed by atoms with Crippen molar-refractivity contribution in [3.63, 3.8) is 0 Å². The first-order valence-corrected chi connectivity index (χ1v) is 13.2. The fourth-order valence-electron chi connectivity index (χ4n) is 3.03. The maximum absolute atomic E-state index is 12.6. The predicted molar refractivity (Wildman–Crippen MR) is 124 cm³/mol. The summed E-state index contributed by atoms with van der Waals surface area (Å²) >= 11 is 5.94. The number of carbonyl (C=O) groups excluding carboxylic acids is 1. The Morgan fingerprint density at radius 2 is 1.58 bits per heavy atom. The van der Waals surface area contributed by atoms with Gasteiger partial charge in [0.2, 0.25) is 26.0 Å². The summed E-state index contributed by atoms with van der Waals surface area (Å²) in [5.41, 5.74) is 1.31. The van der Waals surface area contributed by atoms with Gasteiger partial charge in [-0.1, -0.05) is 25.4 Å². The van der Waals surface area contributed by atoms with Crippen molar-refractivity contribution in [3.05, 3.63) is 53.1 Å². The first-order valence-electron chi connectivity index (χ1n) is 9.54. The summed E-state index contributed by atoms with van der Waals surface area (Å²) in [6.07, 6.45) is 1.02. The number of anilines is 2. The van der Waals surface area contributed by atoms with Gasteiger partial charge in [-0.3, -0.25) is 9.10 Å². The lowest BCUT2D eigenvalue weighted by molar-refractivity contribution is -0.114. The van der Waals surface area contributed by atoms with Gasteiger partial charge in [-0.05, 0) is 55.0 Å². The van der Waals surface area contributed by atoms with Crippen LogP contribution in [0.5, 0.6) is 0 Å². The van der Waals surface area contributed by atoms with Crippen LogP contribution < -0.4 is 9.62 Å². The van der Waals surface area contributed by atoms with Crippen molar-refractivity contribution in [2.45, 2.75) is 25.7 Å². The quantitative estimate of drug-likeness (QED) is 0.585. The molecular formula is C20H26ClN3O5S2. The molecule has 0 aliphatic rings. The number of benzene rings is 2. The average Bonchev–Trinajstić information content (AvgIpc) is 2.67. The van der Waals surface area contributed by atoms with Gasteiger partial charge in [-0.2, -0.15) is 4.31 Å². The van der Waals surface area contributed by atoms with Crippen molar-refractivity contribution in [2.75, 3.05) is 35.5 Å². The lowest BCUT2D eigenvalue weighted by Crippen LogP contribution is -2.37. The second-order valence-corrected chi connectivity index (χ2v) is 11.1. The Morgan fingerprint density at radius 3 is 2.06 bits per heavy atom. The number of nitrogens with one attached hydrogen (secondary N) is 1. The third-order valence-corrected chi connectivity index (χ3v) is 8.02. The maximum atomic E-state index is 12.6. The molecular weight excluding hydrogens is 462 g/mol. The van der Waals surface area contributed by atoms with E-state index in [4.69, 9.17) is 11.6 Å². The molecule has 0 saturated heterocycles. The lowest BCUT2D eigenvalue weighted by atomic mass is 10.2. The van der Waals surface area contributed by atoms with Crippen molar-refractivity contribution < 1.29 is 21.6 Å². The van der Waals surface area contributed by atoms with Gasteiger partial charge in [0, 0.05) is 23.8 Å². The van der Waals surface area contributed by atoms with Crippen LogP contribution in [0, 0.1) is 6.92 Å². The molecule has 11 heteroatoms. The molecule has 0 aliphatic heterocycles. The molecule has 0 radical (unpaired) electrons. The Labute approximate surface area is 188 Å². The van der Waals surface area contributed by atoms with E-state index in [1.165, 1.54) is 28.6 Å². The number of rotatable bonds is 9. The van der Waals surface area contributed by atoms with Crippen LogP contribution in [0.1, 0.15) is 19.4 Å². The average molecular weight is 488 g/mol. The zero-order valence-electron chi connectivity index (χ0n) is 17.8. The van der Waals surface area contributed by atoms with Gasteiger partial charge in [0.25, 0.3) is 0 Å². The van der Waals surface area contributed by atoms with Crippen LogP contribution in [0.4, 0.5) is 11.4 Å². The molecule has 0 fully saturated rings. The number of hydrogen-bond acceptors (Lipinski definition) is 5. The van der Waals surface area contributed by atoms with Crippen molar-refractivity contribution in [2.24, 2.45) is 0 Å². The Morgan fingerprint density at radius 1 is 1.00 bits per heavy atom. The third kappa shape index (κ3) is 6.19. The second kappa shape index (κ2) is 9.99. The van der Waals surface area contributed by atoms with E-state index < -0.39 is 32.5 Å². The van der Waals surface area contributed by atoms with E-state index in [1.54, 1.807) is 39.0 Å². The van der Waals surface area contributed by atoms with Crippen LogP contribution in [0.15, 0.2) is 47.4 Å². The fourth-order valence-corrected chi connectivity index (χ4v) is 5.63. The Kier molecular flexibility index (Phi) is 8.09. The summed E-state index contributed by atoms with van der Waals surface area (Å²) in [5, 5.41) is 3.06. The minimum Gasteiger partial charge on any atom is -0.325 e. The number of nitrogens with zero attached hydrogens (tertiary/aromatic N) is 2. The molecule has 170 valence electrons. The van der Waals surface area contributed by atoms with E-state index in [0.29, 0.717) is 35.1 Å². The van der Waals surface area contributed by atoms with Crippen molar-refractivity contribution in [1.29, 1.82) is 0 Å². The zero-order chi connectivity index (χ0) is 23.4. The monoisotopic (exact) mass is 487 g/mol. The highest BCUT2D eigenvalue weighted by Crippen LogP contribution is 2.25. The number of carbonyl (C=O) groups is 1. The second-order valence-electron chi connectivity index (χ2n) is 6.86. The first-order chi connectivity index (χ1) is 14.4. The molecule has 1 amide bonds. The molecule has 2 aromatic carbocycles. The molecule has 0 aromatic heterocycles. The molecule has 0 heterocycles. The lowest BCUT2D eigenvalue weighted by Gasteiger charge is -2.23. The Balaban J connectivity index is 2.20. The topological polar surface area (TPSA) is 104 Å². The van der Waals surface area contributed by atoms with Crippen molar-refractivity contribution in [1.82, 2.24) is 4.31 Å². The van der Waals surface area contributed by atoms with Crippen LogP contribution in [-0.2, 0) is 24.8 Å². The van der Waals surface area contributed by atoms with Gasteiger partial charge in [0.15, 0.2) is 0 Å². The summed E-state index contributed by atoms with van der Waals surface area (Å²) in [4.78, 5) is 12.6. The number of amides is 1. The van der Waals surface area contributed by atoms with Crippen molar-refractivity contribution >= 4 is 48.9 Å². The minimum atomic E-state index is -3.74. The van der Waals surface area contributed by atoms with E-state index in [-0.39, 0.29) is 4.90 Å². The summed E-state index contributed by atoms with van der Waals surface area (Å²) in [7, 11) is -7.34. The standard InChI is InChI=1S/C20H26ClN3O5S2/c1-5-23(6-2)31(28,29)18-10-8-17(9-11-18)22-20(25)14-24(30(4,26)27)19-12-7-16(21)13-15(19)3/h7-13H,5-6,14H2,1-4H3,(H,22,25). The van der Waals surface area contributed by atoms with Gasteiger partial charge >= 0.3 is 0 Å². The van der Waals surface area contributed by atoms with E-state index >= 15 is 0 Å². The molecule has 1 N–H and O–H groups in total. The molecule has 31 heavy (non-hydrogen) atoms. The van der Waals surface area contributed by atoms with Crippen molar-refractivity contribution in [3.8, 4) is 0 Å². The van der Waals surface area contributed by atoms with Crippen LogP contribution in [0.25, 0.3) is 0 Å². The number of aryl methyl sites for hydroxylation is 1. The fraction of sp³-hybridized carbons (Fsp3) is 0.350. The predicted octanol–water partition coefficient (Wildman–Crippen LogP) is 3.08. The van der Waals surface area contributed by atoms with E-state index in [2.05, 4.69) is 5.32 Å². The highest BCUT2D eigenvalue weighted by molar-refractivity contribution is 7.92. The molecule has 2 rings (SSSR count). The number of halogens is 1. The molecule has 8 nitrogen and oxygen atoms in total. The Hall–Kier alpha value is -2.14. The molecule has 0 unspecified atom stereocenters. The van der Waals surface area contributed by atoms with Gasteiger partial charge in [-0.25, -0.2) is 16.8 Å². The molecule has 0 spiro atoms. The van der Waals surface area contributed by atoms with E-state index in [0.717, 1.165) is 10.6 Å². The van der Waals surface area contributed by atoms with Gasteiger partial charge < -0.3 is 5.32 Å². The summed E-state index contributed by atoms with van der Waals surface area (Å²) in [6.45, 7) is 5.47. The largest absolute Gasteiger partial charge is 0.325 e. The summed E-state index contributed by atoms with van der Waals surface area (Å²) in [6, 6.07) is 10.4. The highest BCUT2D eigenvalue weighted by atomic mass is 35.5. The van der Waals surface area contributed by atoms with E-state index in [9.17, 15) is 21.6 Å². The zero-order valence-corrected chi connectivity index (χ0v) is 20.2. The van der Waals surface area contributed by atoms with Crippen LogP contribution in [0.3, 0.4) is 0 Å². The SMILES string of the molecule is CCN(CC)S(=O)(=O)c1ccc(NC(=O)CN(c2ccc(Cl)cc2C)S(C)(=O)=O)cc1. The molecule has 0 bridgehead atoms. The summed E-state index contributed by atoms with van der Waals surface area (Å²) < 4.78 is 52.0. The third-order valence-electron chi connectivity index (χ3n) is 4.60. The molecule has 0 saturated carbocycles. The molecule has 2 aromatic rings. The van der Waals surface area contributed by atoms with Gasteiger partial charge in [0.05, 0.1) is 16.8 Å². The first kappa shape index (κ1) is 25.1. The van der Waals surface area contributed by atoms with E-state index in [1.807, 2.05) is 0 Å². The number of sulfonamides is 2. The Bertz CT molecular complexity index is 1150. The minimum absolute atomic E-state index is 0.115. The normalized spacial score (nSPS) is 12.1. The summed E-state index contributed by atoms with van der Waals surface area (Å²) in [5.74, 6) is -0.570. The molecule has 0 atom stereocenters. The van der Waals surface area contributed by atoms with Crippen LogP contribution >= 0.6 is 11.6 Å². The van der Waals surface area contributed by atoms with Crippen LogP contribution in [0.2, 0.25) is 5.02 Å². The van der Waals surface area contributed by atoms with Gasteiger partial charge in [0.1, 0.15) is 6.54 Å².